The van der Waals surface area contributed by atoms with Crippen LogP contribution >= 0.6 is 23.2 Å². The highest BCUT2D eigenvalue weighted by Gasteiger charge is 2.29. The Bertz CT molecular complexity index is 903. The van der Waals surface area contributed by atoms with Crippen LogP contribution in [0.25, 0.3) is 0 Å². The highest BCUT2D eigenvalue weighted by atomic mass is 35.5. The van der Waals surface area contributed by atoms with E-state index in [1.807, 2.05) is 0 Å². The minimum atomic E-state index is -4.43. The van der Waals surface area contributed by atoms with Gasteiger partial charge in [-0.25, -0.2) is 5.43 Å². The van der Waals surface area contributed by atoms with Crippen LogP contribution in [0.15, 0.2) is 47.6 Å². The summed E-state index contributed by atoms with van der Waals surface area (Å²) in [6.07, 6.45) is -3.25. The quantitative estimate of drug-likeness (QED) is 0.502. The van der Waals surface area contributed by atoms with Crippen LogP contribution in [-0.2, 0) is 15.8 Å². The number of rotatable bonds is 7. The standard InChI is InChI=1S/C18H14Cl2F3N3O3/c19-13-5-6-15(14(20)7-13)29-10-17(28)24-9-16(27)26-25-8-11-1-3-12(4-2-11)18(21,22)23/h1-8H,9-10H2,(H,24,28)(H,26,27)/b25-8+. The normalized spacial score (nSPS) is 11.3. The van der Waals surface area contributed by atoms with E-state index in [0.717, 1.165) is 12.1 Å². The number of carbonyl (C=O) groups is 2. The molecule has 2 aromatic carbocycles. The Hall–Kier alpha value is -2.78. The van der Waals surface area contributed by atoms with Crippen LogP contribution in [0.1, 0.15) is 11.1 Å². The fourth-order valence-corrected chi connectivity index (χ4v) is 2.41. The molecule has 2 N–H and O–H groups in total. The topological polar surface area (TPSA) is 79.8 Å². The molecule has 2 aromatic rings. The summed E-state index contributed by atoms with van der Waals surface area (Å²) in [6, 6.07) is 8.72. The first kappa shape index (κ1) is 22.5. The minimum Gasteiger partial charge on any atom is -0.482 e. The van der Waals surface area contributed by atoms with Crippen LogP contribution in [0, 0.1) is 0 Å². The lowest BCUT2D eigenvalue weighted by Gasteiger charge is -2.08. The van der Waals surface area contributed by atoms with Gasteiger partial charge < -0.3 is 10.1 Å². The van der Waals surface area contributed by atoms with Crippen LogP contribution in [0.5, 0.6) is 5.75 Å². The molecule has 29 heavy (non-hydrogen) atoms. The van der Waals surface area contributed by atoms with Crippen molar-refractivity contribution >= 4 is 41.2 Å². The second-order valence-corrected chi connectivity index (χ2v) is 6.40. The van der Waals surface area contributed by atoms with Gasteiger partial charge >= 0.3 is 6.18 Å². The number of nitrogens with one attached hydrogen (secondary N) is 2. The van der Waals surface area contributed by atoms with Gasteiger partial charge in [0.1, 0.15) is 5.75 Å². The van der Waals surface area contributed by atoms with E-state index in [9.17, 15) is 22.8 Å². The van der Waals surface area contributed by atoms with Crippen molar-refractivity contribution in [2.45, 2.75) is 6.18 Å². The van der Waals surface area contributed by atoms with Crippen molar-refractivity contribution in [3.63, 3.8) is 0 Å². The summed E-state index contributed by atoms with van der Waals surface area (Å²) in [5.74, 6) is -0.944. The van der Waals surface area contributed by atoms with Crippen LogP contribution < -0.4 is 15.5 Å². The number of nitrogens with zero attached hydrogens (tertiary/aromatic N) is 1. The number of ether oxygens (including phenoxy) is 1. The van der Waals surface area contributed by atoms with E-state index in [-0.39, 0.29) is 23.9 Å². The summed E-state index contributed by atoms with van der Waals surface area (Å²) >= 11 is 11.7. The lowest BCUT2D eigenvalue weighted by molar-refractivity contribution is -0.137. The Labute approximate surface area is 173 Å². The average Bonchev–Trinajstić information content (AvgIpc) is 2.65. The van der Waals surface area contributed by atoms with Gasteiger partial charge in [0.25, 0.3) is 11.8 Å². The van der Waals surface area contributed by atoms with Gasteiger partial charge in [0, 0.05) is 5.02 Å². The molecule has 0 radical (unpaired) electrons. The molecule has 11 heteroatoms. The van der Waals surface area contributed by atoms with E-state index in [2.05, 4.69) is 15.8 Å². The highest BCUT2D eigenvalue weighted by Crippen LogP contribution is 2.29. The molecule has 0 saturated carbocycles. The lowest BCUT2D eigenvalue weighted by atomic mass is 10.1. The zero-order valence-corrected chi connectivity index (χ0v) is 16.1. The summed E-state index contributed by atoms with van der Waals surface area (Å²) in [4.78, 5) is 23.3. The summed E-state index contributed by atoms with van der Waals surface area (Å²) < 4.78 is 42.6. The third kappa shape index (κ3) is 7.63. The zero-order valence-electron chi connectivity index (χ0n) is 14.6. The van der Waals surface area contributed by atoms with Gasteiger partial charge in [-0.15, -0.1) is 0 Å². The first-order valence-electron chi connectivity index (χ1n) is 7.99. The molecular weight excluding hydrogens is 434 g/mol. The molecule has 0 atom stereocenters. The van der Waals surface area contributed by atoms with Gasteiger partial charge in [-0.05, 0) is 35.9 Å². The number of halogens is 5. The number of hydrazone groups is 1. The molecule has 154 valence electrons. The molecule has 6 nitrogen and oxygen atoms in total. The fourth-order valence-electron chi connectivity index (χ4n) is 1.94. The zero-order chi connectivity index (χ0) is 21.4. The number of benzene rings is 2. The van der Waals surface area contributed by atoms with E-state index >= 15 is 0 Å². The molecule has 2 rings (SSSR count). The molecule has 2 amide bonds. The Balaban J connectivity index is 1.72. The molecule has 0 unspecified atom stereocenters. The largest absolute Gasteiger partial charge is 0.482 e. The Morgan fingerprint density at radius 1 is 1.07 bits per heavy atom. The van der Waals surface area contributed by atoms with E-state index in [1.54, 1.807) is 6.07 Å². The van der Waals surface area contributed by atoms with Gasteiger partial charge in [0.05, 0.1) is 23.3 Å². The molecule has 0 aliphatic heterocycles. The first-order valence-corrected chi connectivity index (χ1v) is 8.74. The smallest absolute Gasteiger partial charge is 0.416 e. The Morgan fingerprint density at radius 3 is 2.38 bits per heavy atom. The van der Waals surface area contributed by atoms with Gasteiger partial charge in [0.2, 0.25) is 0 Å². The summed E-state index contributed by atoms with van der Waals surface area (Å²) in [6.45, 7) is -0.746. The maximum atomic E-state index is 12.5. The van der Waals surface area contributed by atoms with E-state index in [0.29, 0.717) is 10.6 Å². The molecule has 0 heterocycles. The van der Waals surface area contributed by atoms with Crippen molar-refractivity contribution in [2.75, 3.05) is 13.2 Å². The van der Waals surface area contributed by atoms with Crippen LogP contribution in [0.4, 0.5) is 13.2 Å². The minimum absolute atomic E-state index is 0.237. The first-order chi connectivity index (χ1) is 13.6. The second-order valence-electron chi connectivity index (χ2n) is 5.55. The molecule has 0 aromatic heterocycles. The molecular formula is C18H14Cl2F3N3O3. The molecule has 0 spiro atoms. The van der Waals surface area contributed by atoms with Gasteiger partial charge in [-0.3, -0.25) is 9.59 Å². The van der Waals surface area contributed by atoms with Crippen molar-refractivity contribution in [3.8, 4) is 5.75 Å². The molecule has 0 fully saturated rings. The fraction of sp³-hybridized carbons (Fsp3) is 0.167. The van der Waals surface area contributed by atoms with Gasteiger partial charge in [-0.2, -0.15) is 18.3 Å². The molecule has 0 bridgehead atoms. The monoisotopic (exact) mass is 447 g/mol. The van der Waals surface area contributed by atoms with E-state index in [4.69, 9.17) is 27.9 Å². The van der Waals surface area contributed by atoms with Crippen molar-refractivity contribution in [1.29, 1.82) is 0 Å². The molecule has 0 aliphatic rings. The average molecular weight is 448 g/mol. The van der Waals surface area contributed by atoms with Crippen molar-refractivity contribution in [3.05, 3.63) is 63.6 Å². The Morgan fingerprint density at radius 2 is 1.76 bits per heavy atom. The van der Waals surface area contributed by atoms with Crippen LogP contribution in [0.3, 0.4) is 0 Å². The lowest BCUT2D eigenvalue weighted by Crippen LogP contribution is -2.37. The number of carbonyl (C=O) groups excluding carboxylic acids is 2. The Kier molecular flexibility index (Phi) is 7.86. The predicted octanol–water partition coefficient (Wildman–Crippen LogP) is 3.66. The maximum absolute atomic E-state index is 12.5. The predicted molar refractivity (Wildman–Crippen MR) is 102 cm³/mol. The highest BCUT2D eigenvalue weighted by molar-refractivity contribution is 6.35. The van der Waals surface area contributed by atoms with Crippen LogP contribution in [-0.4, -0.2) is 31.2 Å². The van der Waals surface area contributed by atoms with E-state index < -0.39 is 23.6 Å². The summed E-state index contributed by atoms with van der Waals surface area (Å²) in [7, 11) is 0. The third-order valence-electron chi connectivity index (χ3n) is 3.34. The maximum Gasteiger partial charge on any atom is 0.416 e. The van der Waals surface area contributed by atoms with Crippen molar-refractivity contribution in [2.24, 2.45) is 5.10 Å². The van der Waals surface area contributed by atoms with E-state index in [1.165, 1.54) is 30.5 Å². The van der Waals surface area contributed by atoms with Gasteiger partial charge in [0.15, 0.2) is 6.61 Å². The van der Waals surface area contributed by atoms with Crippen molar-refractivity contribution < 1.29 is 27.5 Å². The van der Waals surface area contributed by atoms with Crippen molar-refractivity contribution in [1.82, 2.24) is 10.7 Å². The summed E-state index contributed by atoms with van der Waals surface area (Å²) in [5.41, 5.74) is 1.71. The second kappa shape index (κ2) is 10.1. The third-order valence-corrected chi connectivity index (χ3v) is 3.87. The SMILES string of the molecule is O=C(COc1ccc(Cl)cc1Cl)NCC(=O)N/N=C/c1ccc(C(F)(F)F)cc1. The van der Waals surface area contributed by atoms with Crippen LogP contribution in [0.2, 0.25) is 10.0 Å². The molecule has 0 saturated heterocycles. The number of alkyl halides is 3. The van der Waals surface area contributed by atoms with Gasteiger partial charge in [-0.1, -0.05) is 35.3 Å². The molecule has 0 aliphatic carbocycles. The number of hydrogen-bond donors (Lipinski definition) is 2. The summed E-state index contributed by atoms with van der Waals surface area (Å²) in [5, 5.41) is 6.57. The number of hydrogen-bond acceptors (Lipinski definition) is 4. The number of amides is 2.